The SMILES string of the molecule is Cc1ccc2nc([C@H](Cc3ccc(C(N)=O)cc3)N3C(=O)CN(c4ccc(Oc5ccccc5)cc4)C3=O)n(C)c2c1. The van der Waals surface area contributed by atoms with E-state index in [0.717, 1.165) is 22.2 Å². The summed E-state index contributed by atoms with van der Waals surface area (Å²) in [4.78, 5) is 46.7. The monoisotopic (exact) mass is 559 g/mol. The highest BCUT2D eigenvalue weighted by molar-refractivity contribution is 6.12. The van der Waals surface area contributed by atoms with Gasteiger partial charge in [0.25, 0.3) is 5.91 Å². The number of ether oxygens (including phenoxy) is 1. The molecule has 4 aromatic carbocycles. The quantitative estimate of drug-likeness (QED) is 0.252. The first-order valence-corrected chi connectivity index (χ1v) is 13.6. The molecule has 1 aliphatic rings. The highest BCUT2D eigenvalue weighted by atomic mass is 16.5. The van der Waals surface area contributed by atoms with E-state index < -0.39 is 18.0 Å². The zero-order chi connectivity index (χ0) is 29.4. The number of para-hydroxylation sites is 1. The molecule has 1 atom stereocenters. The summed E-state index contributed by atoms with van der Waals surface area (Å²) in [5.41, 5.74) is 9.98. The van der Waals surface area contributed by atoms with Gasteiger partial charge in [0.1, 0.15) is 29.9 Å². The van der Waals surface area contributed by atoms with Crippen molar-refractivity contribution < 1.29 is 19.1 Å². The van der Waals surface area contributed by atoms with Crippen LogP contribution in [0.2, 0.25) is 0 Å². The van der Waals surface area contributed by atoms with Gasteiger partial charge in [0.15, 0.2) is 0 Å². The lowest BCUT2D eigenvalue weighted by Gasteiger charge is -2.26. The number of amides is 4. The molecule has 0 spiro atoms. The topological polar surface area (TPSA) is 111 Å². The Morgan fingerprint density at radius 3 is 2.31 bits per heavy atom. The third-order valence-electron chi connectivity index (χ3n) is 7.47. The fraction of sp³-hybridized carbons (Fsp3) is 0.152. The van der Waals surface area contributed by atoms with Crippen LogP contribution in [0.3, 0.4) is 0 Å². The predicted molar refractivity (Wildman–Crippen MR) is 159 cm³/mol. The first-order valence-electron chi connectivity index (χ1n) is 13.6. The van der Waals surface area contributed by atoms with Gasteiger partial charge in [0, 0.05) is 24.7 Å². The molecule has 0 saturated carbocycles. The van der Waals surface area contributed by atoms with Gasteiger partial charge in [-0.2, -0.15) is 0 Å². The van der Waals surface area contributed by atoms with Gasteiger partial charge in [-0.1, -0.05) is 36.4 Å². The largest absolute Gasteiger partial charge is 0.457 e. The molecule has 1 aromatic heterocycles. The van der Waals surface area contributed by atoms with Crippen molar-refractivity contribution in [1.82, 2.24) is 14.5 Å². The summed E-state index contributed by atoms with van der Waals surface area (Å²) < 4.78 is 7.81. The summed E-state index contributed by atoms with van der Waals surface area (Å²) in [5.74, 6) is 1.06. The minimum absolute atomic E-state index is 0.0993. The fourth-order valence-corrected chi connectivity index (χ4v) is 5.29. The molecule has 9 nitrogen and oxygen atoms in total. The van der Waals surface area contributed by atoms with E-state index in [1.807, 2.05) is 67.1 Å². The normalized spacial score (nSPS) is 14.0. The van der Waals surface area contributed by atoms with E-state index >= 15 is 0 Å². The van der Waals surface area contributed by atoms with Crippen molar-refractivity contribution >= 4 is 34.6 Å². The van der Waals surface area contributed by atoms with Crippen molar-refractivity contribution in [3.05, 3.63) is 120 Å². The number of fused-ring (bicyclic) bond motifs is 1. The molecule has 1 fully saturated rings. The molecule has 2 heterocycles. The Hall–Kier alpha value is -5.44. The lowest BCUT2D eigenvalue weighted by molar-refractivity contribution is -0.126. The van der Waals surface area contributed by atoms with Crippen LogP contribution in [0, 0.1) is 6.92 Å². The average Bonchev–Trinajstić information content (AvgIpc) is 3.47. The maximum atomic E-state index is 13.9. The van der Waals surface area contributed by atoms with Gasteiger partial charge in [0.2, 0.25) is 5.91 Å². The molecule has 1 saturated heterocycles. The van der Waals surface area contributed by atoms with Crippen molar-refractivity contribution in [2.45, 2.75) is 19.4 Å². The van der Waals surface area contributed by atoms with Crippen LogP contribution in [0.4, 0.5) is 10.5 Å². The maximum absolute atomic E-state index is 13.9. The van der Waals surface area contributed by atoms with Gasteiger partial charge < -0.3 is 15.0 Å². The first kappa shape index (κ1) is 26.8. The Labute approximate surface area is 242 Å². The van der Waals surface area contributed by atoms with E-state index in [9.17, 15) is 14.4 Å². The molecule has 0 bridgehead atoms. The number of imide groups is 1. The number of hydrogen-bond acceptors (Lipinski definition) is 5. The van der Waals surface area contributed by atoms with Crippen molar-refractivity contribution in [3.63, 3.8) is 0 Å². The maximum Gasteiger partial charge on any atom is 0.332 e. The second-order valence-corrected chi connectivity index (χ2v) is 10.3. The van der Waals surface area contributed by atoms with Crippen molar-refractivity contribution in [3.8, 4) is 11.5 Å². The molecule has 4 amide bonds. The van der Waals surface area contributed by atoms with Gasteiger partial charge in [-0.15, -0.1) is 0 Å². The number of rotatable bonds is 8. The lowest BCUT2D eigenvalue weighted by Crippen LogP contribution is -2.38. The highest BCUT2D eigenvalue weighted by Crippen LogP contribution is 2.34. The van der Waals surface area contributed by atoms with Crippen molar-refractivity contribution in [2.75, 3.05) is 11.4 Å². The summed E-state index contributed by atoms with van der Waals surface area (Å²) in [7, 11) is 1.89. The number of nitrogens with zero attached hydrogens (tertiary/aromatic N) is 4. The lowest BCUT2D eigenvalue weighted by atomic mass is 10.0. The number of carbonyl (C=O) groups excluding carboxylic acids is 3. The number of benzene rings is 4. The number of urea groups is 1. The van der Waals surface area contributed by atoms with E-state index in [0.29, 0.717) is 35.0 Å². The zero-order valence-corrected chi connectivity index (χ0v) is 23.2. The highest BCUT2D eigenvalue weighted by Gasteiger charge is 2.43. The van der Waals surface area contributed by atoms with E-state index in [1.165, 1.54) is 9.80 Å². The van der Waals surface area contributed by atoms with Crippen LogP contribution in [0.25, 0.3) is 11.0 Å². The Bertz CT molecular complexity index is 1800. The van der Waals surface area contributed by atoms with Crippen LogP contribution in [0.15, 0.2) is 97.1 Å². The Kier molecular flexibility index (Phi) is 6.92. The number of aromatic nitrogens is 2. The minimum Gasteiger partial charge on any atom is -0.457 e. The second kappa shape index (κ2) is 10.9. The Balaban J connectivity index is 1.33. The number of imidazole rings is 1. The van der Waals surface area contributed by atoms with Gasteiger partial charge >= 0.3 is 6.03 Å². The van der Waals surface area contributed by atoms with Crippen LogP contribution in [0.1, 0.15) is 33.4 Å². The number of primary amides is 1. The third-order valence-corrected chi connectivity index (χ3v) is 7.47. The third kappa shape index (κ3) is 5.08. The smallest absolute Gasteiger partial charge is 0.332 e. The summed E-state index contributed by atoms with van der Waals surface area (Å²) in [6.07, 6.45) is 0.310. The molecular weight excluding hydrogens is 530 g/mol. The number of carbonyl (C=O) groups is 3. The molecule has 42 heavy (non-hydrogen) atoms. The van der Waals surface area contributed by atoms with Crippen LogP contribution >= 0.6 is 0 Å². The molecule has 0 aliphatic carbocycles. The van der Waals surface area contributed by atoms with E-state index in [2.05, 4.69) is 0 Å². The molecule has 5 aromatic rings. The molecule has 2 N–H and O–H groups in total. The zero-order valence-electron chi connectivity index (χ0n) is 23.2. The van der Waals surface area contributed by atoms with Gasteiger partial charge in [-0.05, 0) is 78.7 Å². The number of hydrogen-bond donors (Lipinski definition) is 1. The second-order valence-electron chi connectivity index (χ2n) is 10.3. The van der Waals surface area contributed by atoms with E-state index in [1.54, 1.807) is 48.5 Å². The fourth-order valence-electron chi connectivity index (χ4n) is 5.29. The number of nitrogens with two attached hydrogens (primary N) is 1. The van der Waals surface area contributed by atoms with E-state index in [4.69, 9.17) is 15.5 Å². The van der Waals surface area contributed by atoms with Gasteiger partial charge in [0.05, 0.1) is 11.0 Å². The Morgan fingerprint density at radius 2 is 1.62 bits per heavy atom. The molecular formula is C33H29N5O4. The molecule has 0 unspecified atom stereocenters. The van der Waals surface area contributed by atoms with E-state index in [-0.39, 0.29) is 12.5 Å². The summed E-state index contributed by atoms with van der Waals surface area (Å²) >= 11 is 0. The summed E-state index contributed by atoms with van der Waals surface area (Å²) in [5, 5.41) is 0. The predicted octanol–water partition coefficient (Wildman–Crippen LogP) is 5.53. The van der Waals surface area contributed by atoms with Crippen LogP contribution in [0.5, 0.6) is 11.5 Å². The summed E-state index contributed by atoms with van der Waals surface area (Å²) in [6.45, 7) is 1.91. The van der Waals surface area contributed by atoms with Gasteiger partial charge in [-0.3, -0.25) is 19.4 Å². The number of anilines is 1. The van der Waals surface area contributed by atoms with Crippen LogP contribution in [-0.4, -0.2) is 38.8 Å². The van der Waals surface area contributed by atoms with Gasteiger partial charge in [-0.25, -0.2) is 9.78 Å². The summed E-state index contributed by atoms with van der Waals surface area (Å²) in [6, 6.07) is 28.2. The minimum atomic E-state index is -0.687. The number of aryl methyl sites for hydroxylation is 2. The molecule has 210 valence electrons. The van der Waals surface area contributed by atoms with Crippen LogP contribution < -0.4 is 15.4 Å². The standard InChI is InChI=1S/C33H29N5O4/c1-21-8-17-27-28(18-21)36(2)32(35-27)29(19-22-9-11-23(12-10-22)31(34)40)38-30(39)20-37(33(38)41)24-13-15-26(16-14-24)42-25-6-4-3-5-7-25/h3-18,29H,19-20H2,1-2H3,(H2,34,40)/t29-/m0/s1. The van der Waals surface area contributed by atoms with Crippen LogP contribution in [-0.2, 0) is 18.3 Å². The molecule has 6 rings (SSSR count). The molecule has 9 heteroatoms. The first-order chi connectivity index (χ1) is 20.3. The van der Waals surface area contributed by atoms with Crippen molar-refractivity contribution in [2.24, 2.45) is 12.8 Å². The molecule has 1 aliphatic heterocycles. The van der Waals surface area contributed by atoms with Crippen molar-refractivity contribution in [1.29, 1.82) is 0 Å². The average molecular weight is 560 g/mol. The Morgan fingerprint density at radius 1 is 0.929 bits per heavy atom. The molecule has 0 radical (unpaired) electrons.